The van der Waals surface area contributed by atoms with Crippen molar-refractivity contribution < 1.29 is 14.6 Å². The van der Waals surface area contributed by atoms with Crippen molar-refractivity contribution in [2.45, 2.75) is 19.4 Å². The minimum absolute atomic E-state index is 0.0319. The molecule has 1 unspecified atom stereocenters. The molecule has 9 nitrogen and oxygen atoms in total. The lowest BCUT2D eigenvalue weighted by molar-refractivity contribution is -0.114. The molecule has 1 fully saturated rings. The molecule has 2 rings (SSSR count). The Morgan fingerprint density at radius 1 is 1.41 bits per heavy atom. The first-order valence-corrected chi connectivity index (χ1v) is 9.23. The molecule has 1 aliphatic heterocycles. The highest BCUT2D eigenvalue weighted by atomic mass is 16.5. The summed E-state index contributed by atoms with van der Waals surface area (Å²) in [5, 5.41) is 19.6. The quantitative estimate of drug-likeness (QED) is 0.362. The van der Waals surface area contributed by atoms with Gasteiger partial charge in [-0.15, -0.1) is 0 Å². The van der Waals surface area contributed by atoms with Gasteiger partial charge in [-0.05, 0) is 26.0 Å². The summed E-state index contributed by atoms with van der Waals surface area (Å²) >= 11 is 0. The fraction of sp³-hybridized carbons (Fsp3) is 0.611. The van der Waals surface area contributed by atoms with Gasteiger partial charge in [-0.1, -0.05) is 0 Å². The molecule has 4 N–H and O–H groups in total. The molecule has 0 bridgehead atoms. The third-order valence-corrected chi connectivity index (χ3v) is 3.97. The Balaban J connectivity index is 1.82. The van der Waals surface area contributed by atoms with Crippen molar-refractivity contribution in [2.24, 2.45) is 4.99 Å². The lowest BCUT2D eigenvalue weighted by Crippen LogP contribution is -2.53. The molecular weight excluding hydrogens is 348 g/mol. The van der Waals surface area contributed by atoms with Crippen molar-refractivity contribution in [2.75, 3.05) is 57.8 Å². The number of aliphatic imine (C=N–C) groups is 1. The van der Waals surface area contributed by atoms with Crippen molar-refractivity contribution in [3.05, 3.63) is 24.5 Å². The van der Waals surface area contributed by atoms with Crippen LogP contribution in [0.15, 0.2) is 29.5 Å². The van der Waals surface area contributed by atoms with Crippen molar-refractivity contribution in [1.82, 2.24) is 20.5 Å². The van der Waals surface area contributed by atoms with E-state index < -0.39 is 5.60 Å². The number of anilines is 1. The van der Waals surface area contributed by atoms with Crippen molar-refractivity contribution >= 4 is 17.6 Å². The monoisotopic (exact) mass is 378 g/mol. The van der Waals surface area contributed by atoms with Gasteiger partial charge in [-0.3, -0.25) is 14.7 Å². The molecule has 0 spiro atoms. The van der Waals surface area contributed by atoms with Crippen LogP contribution in [0.1, 0.15) is 13.8 Å². The van der Waals surface area contributed by atoms with Crippen LogP contribution in [0.25, 0.3) is 0 Å². The lowest BCUT2D eigenvalue weighted by Gasteiger charge is -2.34. The number of aromatic nitrogens is 1. The summed E-state index contributed by atoms with van der Waals surface area (Å²) in [7, 11) is 0. The van der Waals surface area contributed by atoms with Crippen LogP contribution in [-0.2, 0) is 9.53 Å². The highest BCUT2D eigenvalue weighted by molar-refractivity contribution is 5.93. The first-order valence-electron chi connectivity index (χ1n) is 9.23. The highest BCUT2D eigenvalue weighted by Crippen LogP contribution is 2.07. The maximum Gasteiger partial charge on any atom is 0.246 e. The Kier molecular flexibility index (Phi) is 8.43. The van der Waals surface area contributed by atoms with E-state index in [9.17, 15) is 9.90 Å². The number of ether oxygens (including phenoxy) is 1. The summed E-state index contributed by atoms with van der Waals surface area (Å²) in [6, 6.07) is 3.52. The molecule has 1 saturated heterocycles. The summed E-state index contributed by atoms with van der Waals surface area (Å²) in [5.74, 6) is 0.251. The van der Waals surface area contributed by atoms with Crippen LogP contribution in [0.5, 0.6) is 0 Å². The van der Waals surface area contributed by atoms with Gasteiger partial charge in [-0.2, -0.15) is 0 Å². The average molecular weight is 378 g/mol. The number of amides is 1. The maximum atomic E-state index is 12.0. The van der Waals surface area contributed by atoms with Crippen LogP contribution in [-0.4, -0.2) is 84.9 Å². The normalized spacial score (nSPS) is 17.8. The second-order valence-corrected chi connectivity index (χ2v) is 6.72. The van der Waals surface area contributed by atoms with Crippen LogP contribution >= 0.6 is 0 Å². The Labute approximate surface area is 160 Å². The first-order chi connectivity index (χ1) is 13.0. The predicted molar refractivity (Wildman–Crippen MR) is 105 cm³/mol. The van der Waals surface area contributed by atoms with Gasteiger partial charge in [0.2, 0.25) is 5.91 Å². The Hall–Kier alpha value is -2.23. The molecule has 9 heteroatoms. The number of β-amino-alcohol motifs (C(OH)–C–C–N with tert-alkyl or cyclic N) is 1. The summed E-state index contributed by atoms with van der Waals surface area (Å²) in [5.41, 5.74) is -0.296. The predicted octanol–water partition coefficient (Wildman–Crippen LogP) is -0.342. The number of aliphatic hydroxyl groups is 1. The highest BCUT2D eigenvalue weighted by Gasteiger charge is 2.25. The molecular formula is C18H30N6O3. The van der Waals surface area contributed by atoms with Crippen LogP contribution < -0.4 is 16.0 Å². The van der Waals surface area contributed by atoms with E-state index in [1.807, 2.05) is 6.92 Å². The number of nitrogens with one attached hydrogen (secondary N) is 3. The van der Waals surface area contributed by atoms with E-state index in [0.717, 1.165) is 13.1 Å². The summed E-state index contributed by atoms with van der Waals surface area (Å²) in [6.07, 6.45) is 3.22. The van der Waals surface area contributed by atoms with E-state index in [0.29, 0.717) is 44.5 Å². The molecule has 1 aromatic rings. The van der Waals surface area contributed by atoms with E-state index in [4.69, 9.17) is 4.74 Å². The molecule has 0 aliphatic carbocycles. The van der Waals surface area contributed by atoms with Gasteiger partial charge in [0.15, 0.2) is 5.96 Å². The van der Waals surface area contributed by atoms with Crippen LogP contribution in [0.3, 0.4) is 0 Å². The molecule has 1 atom stereocenters. The van der Waals surface area contributed by atoms with Gasteiger partial charge in [-0.25, -0.2) is 4.99 Å². The number of carbonyl (C=O) groups is 1. The fourth-order valence-electron chi connectivity index (χ4n) is 2.70. The average Bonchev–Trinajstić information content (AvgIpc) is 2.65. The molecule has 1 aromatic heterocycles. The van der Waals surface area contributed by atoms with E-state index >= 15 is 0 Å². The van der Waals surface area contributed by atoms with Gasteiger partial charge in [0, 0.05) is 38.9 Å². The molecule has 0 saturated carbocycles. The van der Waals surface area contributed by atoms with Crippen LogP contribution in [0.4, 0.5) is 5.69 Å². The van der Waals surface area contributed by atoms with E-state index in [-0.39, 0.29) is 12.5 Å². The summed E-state index contributed by atoms with van der Waals surface area (Å²) in [6.45, 7) is 8.24. The molecule has 27 heavy (non-hydrogen) atoms. The summed E-state index contributed by atoms with van der Waals surface area (Å²) < 4.78 is 5.33. The maximum absolute atomic E-state index is 12.0. The number of pyridine rings is 1. The smallest absolute Gasteiger partial charge is 0.246 e. The zero-order valence-electron chi connectivity index (χ0n) is 16.1. The number of rotatable bonds is 8. The van der Waals surface area contributed by atoms with Gasteiger partial charge in [0.25, 0.3) is 0 Å². The van der Waals surface area contributed by atoms with E-state index in [2.05, 4.69) is 30.8 Å². The molecule has 150 valence electrons. The zero-order valence-corrected chi connectivity index (χ0v) is 16.1. The largest absolute Gasteiger partial charge is 0.387 e. The van der Waals surface area contributed by atoms with Crippen LogP contribution in [0.2, 0.25) is 0 Å². The third-order valence-electron chi connectivity index (χ3n) is 3.97. The molecule has 0 radical (unpaired) electrons. The molecule has 1 amide bonds. The number of guanidine groups is 1. The second kappa shape index (κ2) is 10.8. The van der Waals surface area contributed by atoms with Crippen molar-refractivity contribution in [3.63, 3.8) is 0 Å². The van der Waals surface area contributed by atoms with Gasteiger partial charge in [0.1, 0.15) is 6.54 Å². The Morgan fingerprint density at radius 3 is 2.85 bits per heavy atom. The van der Waals surface area contributed by atoms with E-state index in [1.165, 1.54) is 0 Å². The van der Waals surface area contributed by atoms with Crippen LogP contribution in [0, 0.1) is 0 Å². The van der Waals surface area contributed by atoms with Gasteiger partial charge < -0.3 is 25.8 Å². The zero-order chi connectivity index (χ0) is 19.5. The van der Waals surface area contributed by atoms with Crippen molar-refractivity contribution in [1.29, 1.82) is 0 Å². The molecule has 1 aliphatic rings. The number of hydrogen-bond acceptors (Lipinski definition) is 6. The molecule has 0 aromatic carbocycles. The SMILES string of the molecule is CCNC(=NCC(=O)Nc1cccnc1)NCC(C)(O)CN1CCOCC1. The minimum atomic E-state index is -0.925. The minimum Gasteiger partial charge on any atom is -0.387 e. The fourth-order valence-corrected chi connectivity index (χ4v) is 2.70. The van der Waals surface area contributed by atoms with E-state index in [1.54, 1.807) is 31.5 Å². The lowest BCUT2D eigenvalue weighted by atomic mass is 10.1. The second-order valence-electron chi connectivity index (χ2n) is 6.72. The Bertz CT molecular complexity index is 602. The number of morpholine rings is 1. The molecule has 2 heterocycles. The van der Waals surface area contributed by atoms with Crippen molar-refractivity contribution in [3.8, 4) is 0 Å². The van der Waals surface area contributed by atoms with Gasteiger partial charge >= 0.3 is 0 Å². The topological polar surface area (TPSA) is 111 Å². The standard InChI is InChI=1S/C18H30N6O3/c1-3-20-17(21-12-16(25)23-15-5-4-6-19-11-15)22-13-18(2,26)14-24-7-9-27-10-8-24/h4-6,11,26H,3,7-10,12-14H2,1-2H3,(H,23,25)(H2,20,21,22). The number of nitrogens with zero attached hydrogens (tertiary/aromatic N) is 3. The number of hydrogen-bond donors (Lipinski definition) is 4. The first kappa shape index (κ1) is 21.1. The Morgan fingerprint density at radius 2 is 2.19 bits per heavy atom. The number of carbonyl (C=O) groups excluding carboxylic acids is 1. The van der Waals surface area contributed by atoms with Gasteiger partial charge in [0.05, 0.1) is 30.7 Å². The summed E-state index contributed by atoms with van der Waals surface area (Å²) in [4.78, 5) is 22.4. The third kappa shape index (κ3) is 8.33.